The van der Waals surface area contributed by atoms with Crippen molar-refractivity contribution < 1.29 is 38.9 Å². The lowest BCUT2D eigenvalue weighted by Crippen LogP contribution is -2.13. The third kappa shape index (κ3) is 8.46. The Bertz CT molecular complexity index is 2290. The molecule has 4 N–H and O–H groups in total. The number of phenols is 2. The predicted octanol–water partition coefficient (Wildman–Crippen LogP) is 9.78. The van der Waals surface area contributed by atoms with Gasteiger partial charge in [-0.05, 0) is 95.1 Å². The number of carbonyl (C=O) groups is 3. The first-order valence-electron chi connectivity index (χ1n) is 18.0. The lowest BCUT2D eigenvalue weighted by molar-refractivity contribution is 0.0490. The van der Waals surface area contributed by atoms with E-state index in [1.54, 1.807) is 66.7 Å². The molecule has 6 rings (SSSR count). The van der Waals surface area contributed by atoms with E-state index in [4.69, 9.17) is 14.3 Å². The fraction of sp³-hybridized carbons (Fsp3) is 0.205. The van der Waals surface area contributed by atoms with Gasteiger partial charge in [-0.2, -0.15) is 0 Å². The van der Waals surface area contributed by atoms with Crippen molar-refractivity contribution in [1.82, 2.24) is 0 Å². The number of phenolic OH excluding ortho intramolecular Hbond substituents is 2. The number of hydrogen-bond donors (Lipinski definition) is 4. The molecule has 0 aliphatic carbocycles. The molecule has 0 bridgehead atoms. The van der Waals surface area contributed by atoms with Gasteiger partial charge in [0, 0.05) is 22.4 Å². The first-order chi connectivity index (χ1) is 26.3. The number of anilines is 2. The zero-order chi connectivity index (χ0) is 38.0. The lowest BCUT2D eigenvalue weighted by atomic mass is 9.87. The van der Waals surface area contributed by atoms with Crippen LogP contribution in [0.3, 0.4) is 0 Å². The second kappa shape index (κ2) is 17.4. The Kier molecular flexibility index (Phi) is 12.1. The molecule has 0 unspecified atom stereocenters. The van der Waals surface area contributed by atoms with Gasteiger partial charge in [0.05, 0.1) is 35.6 Å². The van der Waals surface area contributed by atoms with Crippen LogP contribution in [0.4, 0.5) is 11.4 Å². The van der Waals surface area contributed by atoms with E-state index < -0.39 is 23.6 Å². The molecule has 0 aromatic heterocycles. The standard InChI is InChI=1S/C44H42N2O8/c1-3-5-21-52-43(50)28-17-19-35-30(23-28)25-32(27-54-46-34-15-11-8-12-16-34)40(47)38(35)39-36-20-18-29(44(51)53-22-6-4-2)24-31(36)26-37(41(39)48)42(49)45-33-13-9-7-10-14-33/h7-20,23-26,46-48H,3-6,21-22,27H2,1-2H3,(H,45,49). The molecule has 0 atom stereocenters. The first kappa shape index (κ1) is 37.4. The smallest absolute Gasteiger partial charge is 0.338 e. The van der Waals surface area contributed by atoms with Crippen molar-refractivity contribution in [3.05, 3.63) is 131 Å². The molecule has 276 valence electrons. The van der Waals surface area contributed by atoms with Crippen molar-refractivity contribution in [3.63, 3.8) is 0 Å². The Balaban J connectivity index is 1.54. The van der Waals surface area contributed by atoms with Crippen LogP contribution in [-0.4, -0.2) is 41.3 Å². The van der Waals surface area contributed by atoms with Crippen molar-refractivity contribution in [2.75, 3.05) is 24.0 Å². The van der Waals surface area contributed by atoms with Crippen molar-refractivity contribution in [2.45, 2.75) is 46.1 Å². The van der Waals surface area contributed by atoms with E-state index in [1.807, 2.05) is 50.2 Å². The van der Waals surface area contributed by atoms with Crippen LogP contribution in [0.25, 0.3) is 32.7 Å². The molecular formula is C44H42N2O8. The minimum atomic E-state index is -0.606. The van der Waals surface area contributed by atoms with Crippen LogP contribution in [0.2, 0.25) is 0 Å². The van der Waals surface area contributed by atoms with E-state index in [-0.39, 0.29) is 47.8 Å². The summed E-state index contributed by atoms with van der Waals surface area (Å²) in [5.74, 6) is -2.22. The van der Waals surface area contributed by atoms with Gasteiger partial charge < -0.3 is 25.0 Å². The molecule has 0 aliphatic heterocycles. The molecule has 0 spiro atoms. The second-order valence-corrected chi connectivity index (χ2v) is 12.8. The minimum Gasteiger partial charge on any atom is -0.507 e. The van der Waals surface area contributed by atoms with Crippen LogP contribution in [0.1, 0.15) is 76.2 Å². The molecule has 6 aromatic rings. The van der Waals surface area contributed by atoms with Crippen LogP contribution in [-0.2, 0) is 20.9 Å². The second-order valence-electron chi connectivity index (χ2n) is 12.8. The maximum absolute atomic E-state index is 13.9. The van der Waals surface area contributed by atoms with Crippen LogP contribution >= 0.6 is 0 Å². The van der Waals surface area contributed by atoms with Crippen molar-refractivity contribution in [1.29, 1.82) is 0 Å². The maximum atomic E-state index is 13.9. The van der Waals surface area contributed by atoms with Gasteiger partial charge in [-0.15, -0.1) is 0 Å². The summed E-state index contributed by atoms with van der Waals surface area (Å²) in [6.07, 6.45) is 3.17. The summed E-state index contributed by atoms with van der Waals surface area (Å²) in [4.78, 5) is 45.8. The number of rotatable bonds is 15. The zero-order valence-corrected chi connectivity index (χ0v) is 30.2. The number of fused-ring (bicyclic) bond motifs is 2. The van der Waals surface area contributed by atoms with Crippen molar-refractivity contribution >= 4 is 50.8 Å². The maximum Gasteiger partial charge on any atom is 0.338 e. The third-order valence-corrected chi connectivity index (χ3v) is 8.96. The van der Waals surface area contributed by atoms with Crippen LogP contribution in [0.5, 0.6) is 11.5 Å². The predicted molar refractivity (Wildman–Crippen MR) is 210 cm³/mol. The molecule has 0 aliphatic rings. The molecule has 10 heteroatoms. The Morgan fingerprint density at radius 1 is 0.611 bits per heavy atom. The van der Waals surface area contributed by atoms with Crippen LogP contribution in [0.15, 0.2) is 109 Å². The average Bonchev–Trinajstić information content (AvgIpc) is 3.19. The topological polar surface area (TPSA) is 143 Å². The summed E-state index contributed by atoms with van der Waals surface area (Å²) in [6.45, 7) is 4.44. The highest BCUT2D eigenvalue weighted by Gasteiger charge is 2.26. The summed E-state index contributed by atoms with van der Waals surface area (Å²) < 4.78 is 11.0. The van der Waals surface area contributed by atoms with Gasteiger partial charge in [0.2, 0.25) is 0 Å². The van der Waals surface area contributed by atoms with E-state index in [0.717, 1.165) is 19.3 Å². The number of benzene rings is 6. The number of carbonyl (C=O) groups excluding carboxylic acids is 3. The molecule has 10 nitrogen and oxygen atoms in total. The Morgan fingerprint density at radius 3 is 1.69 bits per heavy atom. The number of esters is 2. The molecule has 1 amide bonds. The van der Waals surface area contributed by atoms with Gasteiger partial charge in [0.1, 0.15) is 18.1 Å². The number of unbranched alkanes of at least 4 members (excludes halogenated alkanes) is 2. The van der Waals surface area contributed by atoms with E-state index in [9.17, 15) is 24.6 Å². The fourth-order valence-corrected chi connectivity index (χ4v) is 6.10. The summed E-state index contributed by atoms with van der Waals surface area (Å²) in [7, 11) is 0. The van der Waals surface area contributed by atoms with Gasteiger partial charge in [0.15, 0.2) is 0 Å². The SMILES string of the molecule is CCCCOC(=O)c1ccc2c(-c3c(O)c(C(=O)Nc4ccccc4)cc4cc(C(=O)OCCCC)ccc34)c(O)c(CONc3ccccc3)cc2c1. The van der Waals surface area contributed by atoms with Gasteiger partial charge in [-0.1, -0.05) is 75.2 Å². The summed E-state index contributed by atoms with van der Waals surface area (Å²) in [6, 6.07) is 31.0. The number of nitrogens with one attached hydrogen (secondary N) is 2. The number of ether oxygens (including phenoxy) is 2. The normalized spacial score (nSPS) is 11.0. The summed E-state index contributed by atoms with van der Waals surface area (Å²) >= 11 is 0. The van der Waals surface area contributed by atoms with Gasteiger partial charge in [-0.25, -0.2) is 9.59 Å². The van der Waals surface area contributed by atoms with Crippen LogP contribution < -0.4 is 10.8 Å². The number of aromatic hydroxyl groups is 2. The van der Waals surface area contributed by atoms with E-state index >= 15 is 0 Å². The zero-order valence-electron chi connectivity index (χ0n) is 30.2. The highest BCUT2D eigenvalue weighted by molar-refractivity contribution is 6.17. The van der Waals surface area contributed by atoms with Crippen molar-refractivity contribution in [2.24, 2.45) is 0 Å². The number of para-hydroxylation sites is 2. The minimum absolute atomic E-state index is 0.0890. The van der Waals surface area contributed by atoms with Crippen LogP contribution in [0, 0.1) is 0 Å². The molecule has 0 radical (unpaired) electrons. The molecule has 6 aromatic carbocycles. The Hall–Kier alpha value is -6.39. The first-order valence-corrected chi connectivity index (χ1v) is 18.0. The molecule has 0 saturated carbocycles. The molecule has 0 saturated heterocycles. The van der Waals surface area contributed by atoms with E-state index in [0.29, 0.717) is 50.5 Å². The van der Waals surface area contributed by atoms with E-state index in [2.05, 4.69) is 10.8 Å². The lowest BCUT2D eigenvalue weighted by Gasteiger charge is -2.20. The largest absolute Gasteiger partial charge is 0.507 e. The highest BCUT2D eigenvalue weighted by atomic mass is 16.6. The summed E-state index contributed by atoms with van der Waals surface area (Å²) in [5.41, 5.74) is 5.24. The van der Waals surface area contributed by atoms with Gasteiger partial charge in [0.25, 0.3) is 5.91 Å². The Morgan fingerprint density at radius 2 is 1.13 bits per heavy atom. The molecule has 0 heterocycles. The molecular weight excluding hydrogens is 684 g/mol. The number of amides is 1. The summed E-state index contributed by atoms with van der Waals surface area (Å²) in [5, 5.41) is 28.9. The quantitative estimate of drug-likeness (QED) is 0.0462. The number of hydrogen-bond acceptors (Lipinski definition) is 9. The highest BCUT2D eigenvalue weighted by Crippen LogP contribution is 2.48. The molecule has 54 heavy (non-hydrogen) atoms. The van der Waals surface area contributed by atoms with E-state index in [1.165, 1.54) is 6.07 Å². The average molecular weight is 727 g/mol. The monoisotopic (exact) mass is 726 g/mol. The van der Waals surface area contributed by atoms with Gasteiger partial charge in [-0.3, -0.25) is 15.1 Å². The fourth-order valence-electron chi connectivity index (χ4n) is 6.10. The Labute approximate surface area is 313 Å². The van der Waals surface area contributed by atoms with Gasteiger partial charge >= 0.3 is 11.9 Å². The van der Waals surface area contributed by atoms with Crippen molar-refractivity contribution in [3.8, 4) is 22.6 Å². The molecule has 0 fully saturated rings. The third-order valence-electron chi connectivity index (χ3n) is 8.96.